The van der Waals surface area contributed by atoms with Gasteiger partial charge >= 0.3 is 0 Å². The van der Waals surface area contributed by atoms with Crippen LogP contribution in [-0.2, 0) is 13.0 Å². The number of aromatic nitrogens is 2. The lowest BCUT2D eigenvalue weighted by Crippen LogP contribution is -2.36. The first kappa shape index (κ1) is 14.6. The second kappa shape index (κ2) is 5.83. The van der Waals surface area contributed by atoms with Gasteiger partial charge in [0.1, 0.15) is 5.75 Å². The standard InChI is InChI=1S/C17H21N3O2/c1-12(2)20-11-18-15-7-8-19(10-16(15)20)17(21)13-5-4-6-14(9-13)22-3/h4-6,9,11-12H,7-8,10H2,1-3H3. The number of benzene rings is 1. The fourth-order valence-electron chi connectivity index (χ4n) is 2.86. The molecule has 0 aliphatic carbocycles. The number of ether oxygens (including phenoxy) is 1. The van der Waals surface area contributed by atoms with E-state index in [1.54, 1.807) is 13.2 Å². The van der Waals surface area contributed by atoms with Crippen LogP contribution < -0.4 is 4.74 Å². The maximum absolute atomic E-state index is 12.7. The molecule has 1 aliphatic rings. The van der Waals surface area contributed by atoms with E-state index in [4.69, 9.17) is 4.74 Å². The summed E-state index contributed by atoms with van der Waals surface area (Å²) in [6.45, 7) is 5.58. The average molecular weight is 299 g/mol. The number of imidazole rings is 1. The fraction of sp³-hybridized carbons (Fsp3) is 0.412. The molecule has 116 valence electrons. The van der Waals surface area contributed by atoms with E-state index in [-0.39, 0.29) is 5.91 Å². The smallest absolute Gasteiger partial charge is 0.254 e. The first-order chi connectivity index (χ1) is 10.6. The Labute approximate surface area is 130 Å². The first-order valence-corrected chi connectivity index (χ1v) is 7.58. The number of amides is 1. The highest BCUT2D eigenvalue weighted by molar-refractivity contribution is 5.94. The summed E-state index contributed by atoms with van der Waals surface area (Å²) in [5.74, 6) is 0.747. The Kier molecular flexibility index (Phi) is 3.88. The van der Waals surface area contributed by atoms with Crippen LogP contribution in [0.3, 0.4) is 0 Å². The molecule has 0 unspecified atom stereocenters. The molecule has 1 amide bonds. The maximum Gasteiger partial charge on any atom is 0.254 e. The molecule has 0 N–H and O–H groups in total. The molecule has 3 rings (SSSR count). The van der Waals surface area contributed by atoms with Gasteiger partial charge in [0, 0.05) is 24.6 Å². The molecular formula is C17H21N3O2. The van der Waals surface area contributed by atoms with E-state index < -0.39 is 0 Å². The lowest BCUT2D eigenvalue weighted by atomic mass is 10.1. The lowest BCUT2D eigenvalue weighted by molar-refractivity contribution is 0.0728. The summed E-state index contributed by atoms with van der Waals surface area (Å²) in [5, 5.41) is 0. The Hall–Kier alpha value is -2.30. The minimum absolute atomic E-state index is 0.0426. The van der Waals surface area contributed by atoms with Gasteiger partial charge in [-0.25, -0.2) is 4.98 Å². The SMILES string of the molecule is COc1cccc(C(=O)N2CCc3ncn(C(C)C)c3C2)c1. The van der Waals surface area contributed by atoms with Crippen LogP contribution >= 0.6 is 0 Å². The van der Waals surface area contributed by atoms with Gasteiger partial charge in [0.15, 0.2) is 0 Å². The van der Waals surface area contributed by atoms with Gasteiger partial charge in [0.05, 0.1) is 31.4 Å². The number of rotatable bonds is 3. The summed E-state index contributed by atoms with van der Waals surface area (Å²) < 4.78 is 7.36. The van der Waals surface area contributed by atoms with E-state index in [1.807, 2.05) is 29.4 Å². The highest BCUT2D eigenvalue weighted by atomic mass is 16.5. The van der Waals surface area contributed by atoms with Gasteiger partial charge in [0.25, 0.3) is 5.91 Å². The highest BCUT2D eigenvalue weighted by Crippen LogP contribution is 2.23. The molecule has 1 aromatic carbocycles. The minimum atomic E-state index is 0.0426. The van der Waals surface area contributed by atoms with Crippen molar-refractivity contribution in [2.75, 3.05) is 13.7 Å². The number of methoxy groups -OCH3 is 1. The largest absolute Gasteiger partial charge is 0.497 e. The molecule has 22 heavy (non-hydrogen) atoms. The summed E-state index contributed by atoms with van der Waals surface area (Å²) in [6, 6.07) is 7.67. The lowest BCUT2D eigenvalue weighted by Gasteiger charge is -2.28. The van der Waals surface area contributed by atoms with E-state index >= 15 is 0 Å². The van der Waals surface area contributed by atoms with Crippen molar-refractivity contribution in [3.8, 4) is 5.75 Å². The summed E-state index contributed by atoms with van der Waals surface area (Å²) in [7, 11) is 1.61. The Balaban J connectivity index is 1.84. The molecule has 0 fully saturated rings. The maximum atomic E-state index is 12.7. The number of carbonyl (C=O) groups excluding carboxylic acids is 1. The van der Waals surface area contributed by atoms with Crippen molar-refractivity contribution in [1.29, 1.82) is 0 Å². The van der Waals surface area contributed by atoms with Gasteiger partial charge in [-0.3, -0.25) is 4.79 Å². The zero-order valence-electron chi connectivity index (χ0n) is 13.2. The van der Waals surface area contributed by atoms with Crippen LogP contribution in [0, 0.1) is 0 Å². The summed E-state index contributed by atoms with van der Waals surface area (Å²) in [6.07, 6.45) is 2.69. The second-order valence-electron chi connectivity index (χ2n) is 5.85. The minimum Gasteiger partial charge on any atom is -0.497 e. The predicted octanol–water partition coefficient (Wildman–Crippen LogP) is 2.67. The fourth-order valence-corrected chi connectivity index (χ4v) is 2.86. The Morgan fingerprint density at radius 3 is 2.91 bits per heavy atom. The molecule has 5 nitrogen and oxygen atoms in total. The van der Waals surface area contributed by atoms with E-state index in [0.717, 1.165) is 17.8 Å². The molecule has 2 aromatic rings. The molecule has 0 spiro atoms. The number of fused-ring (bicyclic) bond motifs is 1. The number of hydrogen-bond acceptors (Lipinski definition) is 3. The van der Waals surface area contributed by atoms with Crippen molar-refractivity contribution in [3.63, 3.8) is 0 Å². The summed E-state index contributed by atoms with van der Waals surface area (Å²) in [5.41, 5.74) is 2.93. The van der Waals surface area contributed by atoms with Crippen LogP contribution in [0.5, 0.6) is 5.75 Å². The van der Waals surface area contributed by atoms with Crippen LogP contribution in [0.1, 0.15) is 41.6 Å². The molecule has 0 atom stereocenters. The third-order valence-corrected chi connectivity index (χ3v) is 4.10. The van der Waals surface area contributed by atoms with Gasteiger partial charge in [-0.05, 0) is 32.0 Å². The van der Waals surface area contributed by atoms with Crippen LogP contribution in [0.25, 0.3) is 0 Å². The molecule has 2 heterocycles. The Morgan fingerprint density at radius 1 is 1.36 bits per heavy atom. The normalized spacial score (nSPS) is 14.1. The molecule has 0 saturated heterocycles. The molecular weight excluding hydrogens is 278 g/mol. The van der Waals surface area contributed by atoms with E-state index in [1.165, 1.54) is 0 Å². The van der Waals surface area contributed by atoms with E-state index in [2.05, 4.69) is 23.4 Å². The predicted molar refractivity (Wildman–Crippen MR) is 84.1 cm³/mol. The number of hydrogen-bond donors (Lipinski definition) is 0. The summed E-state index contributed by atoms with van der Waals surface area (Å²) >= 11 is 0. The van der Waals surface area contributed by atoms with Gasteiger partial charge < -0.3 is 14.2 Å². The van der Waals surface area contributed by atoms with Crippen LogP contribution in [0.4, 0.5) is 0 Å². The molecule has 0 radical (unpaired) electrons. The summed E-state index contributed by atoms with van der Waals surface area (Å²) in [4.78, 5) is 19.1. The third-order valence-electron chi connectivity index (χ3n) is 4.10. The molecule has 1 aromatic heterocycles. The Morgan fingerprint density at radius 2 is 2.18 bits per heavy atom. The van der Waals surface area contributed by atoms with Crippen LogP contribution in [-0.4, -0.2) is 34.0 Å². The van der Waals surface area contributed by atoms with Crippen molar-refractivity contribution in [2.45, 2.75) is 32.9 Å². The van der Waals surface area contributed by atoms with Crippen LogP contribution in [0.15, 0.2) is 30.6 Å². The van der Waals surface area contributed by atoms with E-state index in [9.17, 15) is 4.79 Å². The zero-order chi connectivity index (χ0) is 15.7. The molecule has 0 saturated carbocycles. The van der Waals surface area contributed by atoms with E-state index in [0.29, 0.717) is 30.4 Å². The van der Waals surface area contributed by atoms with Crippen molar-refractivity contribution in [3.05, 3.63) is 47.5 Å². The van der Waals surface area contributed by atoms with Gasteiger partial charge in [-0.15, -0.1) is 0 Å². The molecule has 5 heteroatoms. The second-order valence-corrected chi connectivity index (χ2v) is 5.85. The quantitative estimate of drug-likeness (QED) is 0.875. The Bertz CT molecular complexity index is 691. The van der Waals surface area contributed by atoms with Crippen molar-refractivity contribution >= 4 is 5.91 Å². The highest BCUT2D eigenvalue weighted by Gasteiger charge is 2.25. The van der Waals surface area contributed by atoms with Crippen LogP contribution in [0.2, 0.25) is 0 Å². The van der Waals surface area contributed by atoms with Crippen molar-refractivity contribution in [1.82, 2.24) is 14.5 Å². The third kappa shape index (κ3) is 2.58. The van der Waals surface area contributed by atoms with Crippen molar-refractivity contribution in [2.24, 2.45) is 0 Å². The first-order valence-electron chi connectivity index (χ1n) is 7.58. The van der Waals surface area contributed by atoms with Gasteiger partial charge in [-0.1, -0.05) is 6.07 Å². The van der Waals surface area contributed by atoms with Gasteiger partial charge in [-0.2, -0.15) is 0 Å². The molecule has 1 aliphatic heterocycles. The average Bonchev–Trinajstić information content (AvgIpc) is 2.97. The van der Waals surface area contributed by atoms with Gasteiger partial charge in [0.2, 0.25) is 0 Å². The number of carbonyl (C=O) groups is 1. The topological polar surface area (TPSA) is 47.4 Å². The van der Waals surface area contributed by atoms with Crippen molar-refractivity contribution < 1.29 is 9.53 Å². The zero-order valence-corrected chi connectivity index (χ0v) is 13.2. The number of nitrogens with zero attached hydrogens (tertiary/aromatic N) is 3. The monoisotopic (exact) mass is 299 g/mol. The molecule has 0 bridgehead atoms.